The molecule has 0 saturated heterocycles. The van der Waals surface area contributed by atoms with Gasteiger partial charge in [0, 0.05) is 17.8 Å². The summed E-state index contributed by atoms with van der Waals surface area (Å²) in [5.41, 5.74) is 1.90. The molecule has 1 aromatic heterocycles. The first-order valence-corrected chi connectivity index (χ1v) is 7.05. The lowest BCUT2D eigenvalue weighted by molar-refractivity contribution is 0.281. The SMILES string of the molecule is CCC(C)c1ccc(Oc2cc(CO)c(Cl)cn2)cc1. The van der Waals surface area contributed by atoms with Gasteiger partial charge in [0.25, 0.3) is 0 Å². The minimum atomic E-state index is -0.134. The molecule has 1 aromatic carbocycles. The fourth-order valence-corrected chi connectivity index (χ4v) is 2.02. The molecule has 4 heteroatoms. The molecule has 0 aliphatic rings. The summed E-state index contributed by atoms with van der Waals surface area (Å²) in [5.74, 6) is 1.68. The Hall–Kier alpha value is -1.58. The van der Waals surface area contributed by atoms with Crippen LogP contribution in [0.1, 0.15) is 37.3 Å². The average molecular weight is 292 g/mol. The van der Waals surface area contributed by atoms with Crippen molar-refractivity contribution in [1.29, 1.82) is 0 Å². The van der Waals surface area contributed by atoms with Gasteiger partial charge in [-0.05, 0) is 30.0 Å². The molecule has 0 fully saturated rings. The lowest BCUT2D eigenvalue weighted by Crippen LogP contribution is -1.94. The van der Waals surface area contributed by atoms with Crippen molar-refractivity contribution in [3.8, 4) is 11.6 Å². The number of aromatic nitrogens is 1. The highest BCUT2D eigenvalue weighted by molar-refractivity contribution is 6.31. The van der Waals surface area contributed by atoms with Crippen molar-refractivity contribution in [2.24, 2.45) is 0 Å². The van der Waals surface area contributed by atoms with Crippen LogP contribution in [0, 0.1) is 0 Å². The summed E-state index contributed by atoms with van der Waals surface area (Å²) in [5, 5.41) is 9.60. The highest BCUT2D eigenvalue weighted by Crippen LogP contribution is 2.26. The predicted molar refractivity (Wildman–Crippen MR) is 80.4 cm³/mol. The van der Waals surface area contributed by atoms with Gasteiger partial charge < -0.3 is 9.84 Å². The molecule has 0 aliphatic carbocycles. The summed E-state index contributed by atoms with van der Waals surface area (Å²) in [4.78, 5) is 4.09. The van der Waals surface area contributed by atoms with Gasteiger partial charge in [0.05, 0.1) is 11.6 Å². The van der Waals surface area contributed by atoms with Crippen molar-refractivity contribution >= 4 is 11.6 Å². The Morgan fingerprint density at radius 1 is 1.30 bits per heavy atom. The minimum Gasteiger partial charge on any atom is -0.439 e. The van der Waals surface area contributed by atoms with Gasteiger partial charge in [-0.15, -0.1) is 0 Å². The molecular formula is C16H18ClNO2. The summed E-state index contributed by atoms with van der Waals surface area (Å²) in [6, 6.07) is 9.62. The number of nitrogens with zero attached hydrogens (tertiary/aromatic N) is 1. The Labute approximate surface area is 124 Å². The molecule has 0 aliphatic heterocycles. The monoisotopic (exact) mass is 291 g/mol. The van der Waals surface area contributed by atoms with Crippen molar-refractivity contribution in [2.75, 3.05) is 0 Å². The zero-order valence-corrected chi connectivity index (χ0v) is 12.4. The second-order valence-electron chi connectivity index (χ2n) is 4.75. The largest absolute Gasteiger partial charge is 0.439 e. The van der Waals surface area contributed by atoms with Crippen molar-refractivity contribution in [3.63, 3.8) is 0 Å². The maximum absolute atomic E-state index is 9.17. The third-order valence-electron chi connectivity index (χ3n) is 3.36. The zero-order valence-electron chi connectivity index (χ0n) is 11.6. The van der Waals surface area contributed by atoms with Crippen LogP contribution in [0.4, 0.5) is 0 Å². The molecule has 0 spiro atoms. The van der Waals surface area contributed by atoms with Gasteiger partial charge in [-0.2, -0.15) is 0 Å². The van der Waals surface area contributed by atoms with E-state index in [4.69, 9.17) is 21.4 Å². The Bertz CT molecular complexity index is 569. The molecule has 2 rings (SSSR count). The van der Waals surface area contributed by atoms with Crippen LogP contribution < -0.4 is 4.74 Å². The first kappa shape index (κ1) is 14.8. The summed E-state index contributed by atoms with van der Waals surface area (Å²) in [7, 11) is 0. The Kier molecular flexibility index (Phi) is 4.99. The minimum absolute atomic E-state index is 0.134. The van der Waals surface area contributed by atoms with Crippen LogP contribution in [0.25, 0.3) is 0 Å². The Balaban J connectivity index is 2.14. The topological polar surface area (TPSA) is 42.4 Å². The van der Waals surface area contributed by atoms with E-state index in [1.807, 2.05) is 12.1 Å². The van der Waals surface area contributed by atoms with E-state index in [1.54, 1.807) is 6.07 Å². The second kappa shape index (κ2) is 6.73. The standard InChI is InChI=1S/C16H18ClNO2/c1-3-11(2)12-4-6-14(7-5-12)20-16-8-13(10-19)15(17)9-18-16/h4-9,11,19H,3,10H2,1-2H3. The van der Waals surface area contributed by atoms with E-state index in [0.29, 0.717) is 22.4 Å². The van der Waals surface area contributed by atoms with Gasteiger partial charge in [0.15, 0.2) is 0 Å². The molecule has 1 atom stereocenters. The lowest BCUT2D eigenvalue weighted by Gasteiger charge is -2.10. The quantitative estimate of drug-likeness (QED) is 0.880. The van der Waals surface area contributed by atoms with Gasteiger partial charge in [0.1, 0.15) is 5.75 Å². The molecule has 0 bridgehead atoms. The fraction of sp³-hybridized carbons (Fsp3) is 0.312. The number of benzene rings is 1. The Morgan fingerprint density at radius 3 is 2.60 bits per heavy atom. The van der Waals surface area contributed by atoms with Crippen LogP contribution in [0.2, 0.25) is 5.02 Å². The van der Waals surface area contributed by atoms with E-state index in [1.165, 1.54) is 11.8 Å². The van der Waals surface area contributed by atoms with Gasteiger partial charge in [0.2, 0.25) is 5.88 Å². The van der Waals surface area contributed by atoms with Gasteiger partial charge in [-0.1, -0.05) is 37.6 Å². The number of ether oxygens (including phenoxy) is 1. The van der Waals surface area contributed by atoms with Gasteiger partial charge >= 0.3 is 0 Å². The maximum Gasteiger partial charge on any atom is 0.219 e. The van der Waals surface area contributed by atoms with Crippen LogP contribution in [-0.2, 0) is 6.61 Å². The normalized spacial score (nSPS) is 12.2. The molecule has 106 valence electrons. The summed E-state index contributed by atoms with van der Waals surface area (Å²) in [6.45, 7) is 4.23. The predicted octanol–water partition coefficient (Wildman–Crippen LogP) is 4.53. The molecule has 1 N–H and O–H groups in total. The van der Waals surface area contributed by atoms with Crippen molar-refractivity contribution < 1.29 is 9.84 Å². The first-order valence-electron chi connectivity index (χ1n) is 6.67. The zero-order chi connectivity index (χ0) is 14.5. The summed E-state index contributed by atoms with van der Waals surface area (Å²) in [6.07, 6.45) is 2.59. The number of hydrogen-bond acceptors (Lipinski definition) is 3. The highest BCUT2D eigenvalue weighted by atomic mass is 35.5. The van der Waals surface area contributed by atoms with E-state index >= 15 is 0 Å². The molecule has 2 aromatic rings. The summed E-state index contributed by atoms with van der Waals surface area (Å²) >= 11 is 5.89. The number of halogens is 1. The van der Waals surface area contributed by atoms with Crippen LogP contribution in [0.15, 0.2) is 36.5 Å². The highest BCUT2D eigenvalue weighted by Gasteiger charge is 2.06. The van der Waals surface area contributed by atoms with Gasteiger partial charge in [-0.25, -0.2) is 4.98 Å². The fourth-order valence-electron chi connectivity index (χ4n) is 1.86. The number of pyridine rings is 1. The molecule has 0 radical (unpaired) electrons. The molecule has 0 amide bonds. The molecular weight excluding hydrogens is 274 g/mol. The maximum atomic E-state index is 9.17. The first-order chi connectivity index (χ1) is 9.63. The third kappa shape index (κ3) is 3.50. The van der Waals surface area contributed by atoms with Crippen LogP contribution in [0.5, 0.6) is 11.6 Å². The molecule has 1 unspecified atom stereocenters. The molecule has 3 nitrogen and oxygen atoms in total. The van der Waals surface area contributed by atoms with E-state index in [9.17, 15) is 0 Å². The van der Waals surface area contributed by atoms with Crippen LogP contribution in [0.3, 0.4) is 0 Å². The number of aliphatic hydroxyl groups excluding tert-OH is 1. The third-order valence-corrected chi connectivity index (χ3v) is 3.70. The molecule has 1 heterocycles. The van der Waals surface area contributed by atoms with Crippen LogP contribution >= 0.6 is 11.6 Å². The van der Waals surface area contributed by atoms with Crippen LogP contribution in [-0.4, -0.2) is 10.1 Å². The number of rotatable bonds is 5. The summed E-state index contributed by atoms with van der Waals surface area (Å²) < 4.78 is 5.66. The average Bonchev–Trinajstić information content (AvgIpc) is 2.49. The lowest BCUT2D eigenvalue weighted by atomic mass is 9.99. The smallest absolute Gasteiger partial charge is 0.219 e. The van der Waals surface area contributed by atoms with Crippen molar-refractivity contribution in [1.82, 2.24) is 4.98 Å². The van der Waals surface area contributed by atoms with E-state index < -0.39 is 0 Å². The van der Waals surface area contributed by atoms with Crippen molar-refractivity contribution in [2.45, 2.75) is 32.8 Å². The number of aliphatic hydroxyl groups is 1. The van der Waals surface area contributed by atoms with E-state index in [-0.39, 0.29) is 6.61 Å². The number of hydrogen-bond donors (Lipinski definition) is 1. The molecule has 0 saturated carbocycles. The van der Waals surface area contributed by atoms with E-state index in [0.717, 1.165) is 12.2 Å². The Morgan fingerprint density at radius 2 is 2.00 bits per heavy atom. The van der Waals surface area contributed by atoms with Gasteiger partial charge in [-0.3, -0.25) is 0 Å². The molecule has 20 heavy (non-hydrogen) atoms. The van der Waals surface area contributed by atoms with E-state index in [2.05, 4.69) is 31.0 Å². The second-order valence-corrected chi connectivity index (χ2v) is 5.16. The van der Waals surface area contributed by atoms with Crippen molar-refractivity contribution in [3.05, 3.63) is 52.7 Å².